The van der Waals surface area contributed by atoms with Crippen LogP contribution in [-0.2, 0) is 26.1 Å². The van der Waals surface area contributed by atoms with E-state index in [0.29, 0.717) is 68.4 Å². The van der Waals surface area contributed by atoms with Gasteiger partial charge in [0.05, 0.1) is 6.61 Å². The van der Waals surface area contributed by atoms with Crippen LogP contribution in [0.3, 0.4) is 0 Å². The smallest absolute Gasteiger partial charge is 0.332 e. The standard InChI is InChI=1S/C31H37N7O4/c1-3-16-38-30(40)26-28(37(31(38)41)17-15-23-11-7-5-8-12-23)33-27(36(26)19-18-35(4-2)20-21-39)25(29-34-32-22-42-29)24-13-9-6-10-14-24/h5-14,22,25,39H,3-4,15-21H2,1-2H3. The Bertz CT molecular complexity index is 1690. The fourth-order valence-corrected chi connectivity index (χ4v) is 5.43. The Morgan fingerprint density at radius 3 is 2.29 bits per heavy atom. The first-order valence-electron chi connectivity index (χ1n) is 14.5. The van der Waals surface area contributed by atoms with Crippen LogP contribution in [0.1, 0.15) is 49.0 Å². The summed E-state index contributed by atoms with van der Waals surface area (Å²) in [4.78, 5) is 35.0. The molecule has 42 heavy (non-hydrogen) atoms. The molecule has 0 saturated carbocycles. The monoisotopic (exact) mass is 571 g/mol. The third-order valence-corrected chi connectivity index (χ3v) is 7.58. The van der Waals surface area contributed by atoms with E-state index in [9.17, 15) is 14.7 Å². The third kappa shape index (κ3) is 5.97. The molecule has 2 aromatic carbocycles. The molecular weight excluding hydrogens is 534 g/mol. The van der Waals surface area contributed by atoms with Gasteiger partial charge in [-0.05, 0) is 30.5 Å². The first-order valence-corrected chi connectivity index (χ1v) is 14.5. The van der Waals surface area contributed by atoms with Gasteiger partial charge < -0.3 is 14.1 Å². The van der Waals surface area contributed by atoms with Gasteiger partial charge in [-0.25, -0.2) is 9.78 Å². The van der Waals surface area contributed by atoms with Crippen LogP contribution in [0.2, 0.25) is 0 Å². The van der Waals surface area contributed by atoms with Crippen LogP contribution in [0, 0.1) is 0 Å². The zero-order valence-corrected chi connectivity index (χ0v) is 24.1. The number of nitrogens with zero attached hydrogens (tertiary/aromatic N) is 7. The van der Waals surface area contributed by atoms with Gasteiger partial charge in [-0.15, -0.1) is 10.2 Å². The normalized spacial score (nSPS) is 12.4. The summed E-state index contributed by atoms with van der Waals surface area (Å²) >= 11 is 0. The summed E-state index contributed by atoms with van der Waals surface area (Å²) in [6.07, 6.45) is 2.52. The van der Waals surface area contributed by atoms with Crippen molar-refractivity contribution in [3.05, 3.63) is 111 Å². The molecule has 0 aliphatic rings. The average Bonchev–Trinajstić information content (AvgIpc) is 3.68. The molecular formula is C31H37N7O4. The lowest BCUT2D eigenvalue weighted by molar-refractivity contribution is 0.197. The van der Waals surface area contributed by atoms with Crippen molar-refractivity contribution in [3.8, 4) is 0 Å². The largest absolute Gasteiger partial charge is 0.427 e. The van der Waals surface area contributed by atoms with E-state index in [1.54, 1.807) is 4.57 Å². The number of aliphatic hydroxyl groups excluding tert-OH is 1. The Labute approximate surface area is 243 Å². The second-order valence-corrected chi connectivity index (χ2v) is 10.2. The molecule has 1 atom stereocenters. The fourth-order valence-electron chi connectivity index (χ4n) is 5.43. The Morgan fingerprint density at radius 1 is 0.905 bits per heavy atom. The highest BCUT2D eigenvalue weighted by Crippen LogP contribution is 2.31. The van der Waals surface area contributed by atoms with Crippen LogP contribution >= 0.6 is 0 Å². The lowest BCUT2D eigenvalue weighted by Crippen LogP contribution is -2.41. The summed E-state index contributed by atoms with van der Waals surface area (Å²) in [7, 11) is 0. The summed E-state index contributed by atoms with van der Waals surface area (Å²) < 4.78 is 10.6. The minimum atomic E-state index is -0.564. The van der Waals surface area contributed by atoms with E-state index in [1.165, 1.54) is 11.0 Å². The van der Waals surface area contributed by atoms with Crippen molar-refractivity contribution in [3.63, 3.8) is 0 Å². The van der Waals surface area contributed by atoms with Crippen LogP contribution in [0.4, 0.5) is 0 Å². The van der Waals surface area contributed by atoms with Gasteiger partial charge in [0.2, 0.25) is 12.3 Å². The number of imidazole rings is 1. The van der Waals surface area contributed by atoms with E-state index in [1.807, 2.05) is 79.1 Å². The van der Waals surface area contributed by atoms with Crippen molar-refractivity contribution in [2.45, 2.75) is 52.2 Å². The molecule has 0 radical (unpaired) electrons. The second kappa shape index (κ2) is 13.5. The van der Waals surface area contributed by atoms with Gasteiger partial charge in [0.1, 0.15) is 11.7 Å². The molecule has 11 nitrogen and oxygen atoms in total. The van der Waals surface area contributed by atoms with Crippen LogP contribution in [-0.4, -0.2) is 65.1 Å². The number of aliphatic hydroxyl groups is 1. The maximum absolute atomic E-state index is 14.1. The number of aromatic nitrogens is 6. The van der Waals surface area contributed by atoms with Crippen molar-refractivity contribution in [1.82, 2.24) is 33.8 Å². The predicted octanol–water partition coefficient (Wildman–Crippen LogP) is 2.89. The summed E-state index contributed by atoms with van der Waals surface area (Å²) in [5.41, 5.74) is 1.93. The second-order valence-electron chi connectivity index (χ2n) is 10.2. The quantitative estimate of drug-likeness (QED) is 0.216. The Morgan fingerprint density at radius 2 is 1.64 bits per heavy atom. The highest BCUT2D eigenvalue weighted by molar-refractivity contribution is 5.72. The molecule has 11 heteroatoms. The van der Waals surface area contributed by atoms with Crippen LogP contribution < -0.4 is 11.2 Å². The molecule has 0 amide bonds. The molecule has 0 saturated heterocycles. The lowest BCUT2D eigenvalue weighted by atomic mass is 9.98. The Kier molecular flexibility index (Phi) is 9.40. The molecule has 3 heterocycles. The topological polar surface area (TPSA) is 124 Å². The number of benzene rings is 2. The zero-order chi connectivity index (χ0) is 29.5. The highest BCUT2D eigenvalue weighted by Gasteiger charge is 2.31. The maximum atomic E-state index is 14.1. The fraction of sp³-hybridized carbons (Fsp3) is 0.387. The van der Waals surface area contributed by atoms with E-state index in [2.05, 4.69) is 15.1 Å². The van der Waals surface area contributed by atoms with Gasteiger partial charge in [-0.1, -0.05) is 74.5 Å². The van der Waals surface area contributed by atoms with E-state index < -0.39 is 5.92 Å². The van der Waals surface area contributed by atoms with E-state index in [-0.39, 0.29) is 17.9 Å². The Hall–Kier alpha value is -4.35. The number of hydrogen-bond donors (Lipinski definition) is 1. The summed E-state index contributed by atoms with van der Waals surface area (Å²) in [5.74, 6) is 0.318. The molecule has 5 aromatic rings. The minimum absolute atomic E-state index is 0.0301. The van der Waals surface area contributed by atoms with Crippen LogP contribution in [0.25, 0.3) is 11.2 Å². The van der Waals surface area contributed by atoms with Crippen molar-refractivity contribution in [1.29, 1.82) is 0 Å². The summed E-state index contributed by atoms with van der Waals surface area (Å²) in [6, 6.07) is 19.6. The number of hydrogen-bond acceptors (Lipinski definition) is 8. The van der Waals surface area contributed by atoms with Gasteiger partial charge in [-0.3, -0.25) is 18.8 Å². The van der Waals surface area contributed by atoms with Gasteiger partial charge in [0.15, 0.2) is 11.2 Å². The number of rotatable bonds is 14. The average molecular weight is 572 g/mol. The van der Waals surface area contributed by atoms with Crippen LogP contribution in [0.5, 0.6) is 0 Å². The molecule has 5 rings (SSSR count). The molecule has 0 aliphatic heterocycles. The van der Waals surface area contributed by atoms with Gasteiger partial charge >= 0.3 is 5.69 Å². The zero-order valence-electron chi connectivity index (χ0n) is 24.1. The molecule has 1 N–H and O–H groups in total. The number of aryl methyl sites for hydroxylation is 2. The lowest BCUT2D eigenvalue weighted by Gasteiger charge is -2.21. The van der Waals surface area contributed by atoms with Crippen LogP contribution in [0.15, 0.2) is 81.1 Å². The van der Waals surface area contributed by atoms with E-state index in [4.69, 9.17) is 9.40 Å². The van der Waals surface area contributed by atoms with Crippen molar-refractivity contribution in [2.75, 3.05) is 26.2 Å². The maximum Gasteiger partial charge on any atom is 0.332 e. The number of fused-ring (bicyclic) bond motifs is 1. The van der Waals surface area contributed by atoms with E-state index in [0.717, 1.165) is 17.7 Å². The van der Waals surface area contributed by atoms with Crippen molar-refractivity contribution in [2.24, 2.45) is 0 Å². The first-order chi connectivity index (χ1) is 20.6. The van der Waals surface area contributed by atoms with E-state index >= 15 is 0 Å². The van der Waals surface area contributed by atoms with Gasteiger partial charge in [0.25, 0.3) is 5.56 Å². The molecule has 220 valence electrons. The Balaban J connectivity index is 1.76. The summed E-state index contributed by atoms with van der Waals surface area (Å²) in [5, 5.41) is 17.8. The predicted molar refractivity (Wildman–Crippen MR) is 160 cm³/mol. The molecule has 1 unspecified atom stereocenters. The SMILES string of the molecule is CCCn1c(=O)c2c(nc(C(c3ccccc3)c3nnco3)n2CCN(CC)CCO)n(CCc2ccccc2)c1=O. The molecule has 0 aliphatic carbocycles. The van der Waals surface area contributed by atoms with Crippen molar-refractivity contribution < 1.29 is 9.52 Å². The first kappa shape index (κ1) is 29.2. The molecule has 0 fully saturated rings. The van der Waals surface area contributed by atoms with Gasteiger partial charge in [0, 0.05) is 32.7 Å². The minimum Gasteiger partial charge on any atom is -0.427 e. The third-order valence-electron chi connectivity index (χ3n) is 7.58. The highest BCUT2D eigenvalue weighted by atomic mass is 16.4. The molecule has 3 aromatic heterocycles. The molecule has 0 bridgehead atoms. The number of likely N-dealkylation sites (N-methyl/N-ethyl adjacent to an activating group) is 1. The van der Waals surface area contributed by atoms with Crippen molar-refractivity contribution >= 4 is 11.2 Å². The summed E-state index contributed by atoms with van der Waals surface area (Å²) in [6.45, 7) is 6.89. The molecule has 0 spiro atoms. The van der Waals surface area contributed by atoms with Gasteiger partial charge in [-0.2, -0.15) is 0 Å².